The Kier molecular flexibility index (Phi) is 4.51. The molecule has 0 aliphatic heterocycles. The monoisotopic (exact) mass is 241 g/mol. The van der Waals surface area contributed by atoms with Crippen molar-refractivity contribution in [2.24, 2.45) is 5.73 Å². The molecule has 0 saturated heterocycles. The van der Waals surface area contributed by atoms with Crippen molar-refractivity contribution in [2.75, 3.05) is 6.61 Å². The van der Waals surface area contributed by atoms with Crippen molar-refractivity contribution >= 4 is 0 Å². The molecule has 0 radical (unpaired) electrons. The van der Waals surface area contributed by atoms with Crippen molar-refractivity contribution in [1.29, 1.82) is 0 Å². The minimum Gasteiger partial charge on any atom is -0.395 e. The highest BCUT2D eigenvalue weighted by atomic mass is 16.3. The van der Waals surface area contributed by atoms with Gasteiger partial charge in [-0.3, -0.25) is 0 Å². The fourth-order valence-corrected chi connectivity index (χ4v) is 2.09. The molecule has 2 aromatic carbocycles. The van der Waals surface area contributed by atoms with Crippen LogP contribution in [-0.4, -0.2) is 17.8 Å². The van der Waals surface area contributed by atoms with Gasteiger partial charge in [-0.05, 0) is 29.5 Å². The first kappa shape index (κ1) is 12.8. The van der Waals surface area contributed by atoms with E-state index in [4.69, 9.17) is 10.8 Å². The Hall–Kier alpha value is -1.64. The van der Waals surface area contributed by atoms with Gasteiger partial charge in [-0.15, -0.1) is 0 Å². The molecule has 0 aliphatic rings. The van der Waals surface area contributed by atoms with E-state index >= 15 is 0 Å². The first-order valence-electron chi connectivity index (χ1n) is 6.26. The minimum absolute atomic E-state index is 0.0275. The summed E-state index contributed by atoms with van der Waals surface area (Å²) in [7, 11) is 0. The number of nitrogens with two attached hydrogens (primary N) is 1. The van der Waals surface area contributed by atoms with Crippen LogP contribution in [0.25, 0.3) is 0 Å². The molecule has 0 fully saturated rings. The average molecular weight is 241 g/mol. The second-order valence-electron chi connectivity index (χ2n) is 4.58. The molecule has 94 valence electrons. The second-order valence-corrected chi connectivity index (χ2v) is 4.58. The number of rotatable bonds is 5. The second kappa shape index (κ2) is 6.34. The fraction of sp³-hybridized carbons (Fsp3) is 0.250. The Labute approximate surface area is 108 Å². The Morgan fingerprint density at radius 1 is 0.889 bits per heavy atom. The molecule has 2 rings (SSSR count). The molecule has 2 aromatic rings. The first-order valence-corrected chi connectivity index (χ1v) is 6.26. The predicted octanol–water partition coefficient (Wildman–Crippen LogP) is 2.14. The van der Waals surface area contributed by atoms with Gasteiger partial charge in [-0.25, -0.2) is 0 Å². The van der Waals surface area contributed by atoms with Crippen LogP contribution in [0.5, 0.6) is 0 Å². The summed E-state index contributed by atoms with van der Waals surface area (Å²) in [5.41, 5.74) is 9.62. The van der Waals surface area contributed by atoms with Gasteiger partial charge in [-0.1, -0.05) is 54.6 Å². The van der Waals surface area contributed by atoms with Crippen molar-refractivity contribution < 1.29 is 5.11 Å². The zero-order valence-corrected chi connectivity index (χ0v) is 10.4. The molecule has 2 nitrogen and oxygen atoms in total. The molecule has 0 spiro atoms. The predicted molar refractivity (Wildman–Crippen MR) is 74.5 cm³/mol. The van der Waals surface area contributed by atoms with Crippen LogP contribution in [0.4, 0.5) is 0 Å². The van der Waals surface area contributed by atoms with Gasteiger partial charge in [0.2, 0.25) is 0 Å². The number of hydrogen-bond acceptors (Lipinski definition) is 2. The number of hydrogen-bond donors (Lipinski definition) is 2. The summed E-state index contributed by atoms with van der Waals surface area (Å²) in [4.78, 5) is 0. The zero-order valence-electron chi connectivity index (χ0n) is 10.4. The summed E-state index contributed by atoms with van der Waals surface area (Å²) in [5, 5.41) is 9.05. The lowest BCUT2D eigenvalue weighted by Gasteiger charge is -2.13. The molecular formula is C16H19NO. The normalized spacial score (nSPS) is 12.3. The lowest BCUT2D eigenvalue weighted by atomic mass is 9.96. The van der Waals surface area contributed by atoms with E-state index in [1.54, 1.807) is 0 Å². The summed E-state index contributed by atoms with van der Waals surface area (Å²) in [6.45, 7) is 0.0275. The quantitative estimate of drug-likeness (QED) is 0.842. The van der Waals surface area contributed by atoms with Crippen LogP contribution in [0.15, 0.2) is 54.6 Å². The molecule has 0 bridgehead atoms. The molecule has 0 aromatic heterocycles. The summed E-state index contributed by atoms with van der Waals surface area (Å²) in [5.74, 6) is 0. The molecule has 3 N–H and O–H groups in total. The van der Waals surface area contributed by atoms with Gasteiger partial charge >= 0.3 is 0 Å². The Morgan fingerprint density at radius 3 is 2.17 bits per heavy atom. The lowest BCUT2D eigenvalue weighted by Crippen LogP contribution is -2.27. The third-order valence-corrected chi connectivity index (χ3v) is 3.07. The topological polar surface area (TPSA) is 46.2 Å². The maximum absolute atomic E-state index is 9.05. The summed E-state index contributed by atoms with van der Waals surface area (Å²) in [6.07, 6.45) is 1.63. The van der Waals surface area contributed by atoms with Crippen molar-refractivity contribution in [2.45, 2.75) is 18.9 Å². The Morgan fingerprint density at radius 2 is 1.50 bits per heavy atom. The number of aliphatic hydroxyl groups is 1. The molecule has 0 saturated carbocycles. The SMILES string of the molecule is N[C@H](CO)Cc1ccccc1Cc1ccccc1. The average Bonchev–Trinajstić information content (AvgIpc) is 2.42. The van der Waals surface area contributed by atoms with Crippen molar-refractivity contribution in [3.63, 3.8) is 0 Å². The van der Waals surface area contributed by atoms with Crippen molar-refractivity contribution in [1.82, 2.24) is 0 Å². The van der Waals surface area contributed by atoms with Gasteiger partial charge in [0.15, 0.2) is 0 Å². The van der Waals surface area contributed by atoms with Gasteiger partial charge in [0.05, 0.1) is 6.61 Å². The van der Waals surface area contributed by atoms with Crippen LogP contribution in [-0.2, 0) is 12.8 Å². The van der Waals surface area contributed by atoms with Crippen LogP contribution in [0, 0.1) is 0 Å². The Balaban J connectivity index is 2.17. The van der Waals surface area contributed by atoms with E-state index < -0.39 is 0 Å². The van der Waals surface area contributed by atoms with E-state index in [1.165, 1.54) is 16.7 Å². The summed E-state index contributed by atoms with van der Waals surface area (Å²) in [6, 6.07) is 18.5. The van der Waals surface area contributed by atoms with Crippen molar-refractivity contribution in [3.8, 4) is 0 Å². The highest BCUT2D eigenvalue weighted by Crippen LogP contribution is 2.15. The molecule has 0 unspecified atom stereocenters. The van der Waals surface area contributed by atoms with Crippen LogP contribution in [0.3, 0.4) is 0 Å². The molecular weight excluding hydrogens is 222 g/mol. The van der Waals surface area contributed by atoms with E-state index in [9.17, 15) is 0 Å². The molecule has 18 heavy (non-hydrogen) atoms. The van der Waals surface area contributed by atoms with E-state index in [0.29, 0.717) is 0 Å². The smallest absolute Gasteiger partial charge is 0.0585 e. The third kappa shape index (κ3) is 3.42. The van der Waals surface area contributed by atoms with Gasteiger partial charge in [0, 0.05) is 6.04 Å². The van der Waals surface area contributed by atoms with Gasteiger partial charge in [0.1, 0.15) is 0 Å². The van der Waals surface area contributed by atoms with Gasteiger partial charge in [0.25, 0.3) is 0 Å². The van der Waals surface area contributed by atoms with Crippen LogP contribution >= 0.6 is 0 Å². The highest BCUT2D eigenvalue weighted by molar-refractivity contribution is 5.33. The number of benzene rings is 2. The van der Waals surface area contributed by atoms with E-state index in [1.807, 2.05) is 18.2 Å². The molecule has 0 amide bonds. The molecule has 2 heteroatoms. The summed E-state index contributed by atoms with van der Waals surface area (Å²) >= 11 is 0. The third-order valence-electron chi connectivity index (χ3n) is 3.07. The van der Waals surface area contributed by atoms with Crippen LogP contribution in [0.1, 0.15) is 16.7 Å². The lowest BCUT2D eigenvalue weighted by molar-refractivity contribution is 0.265. The van der Waals surface area contributed by atoms with Crippen LogP contribution < -0.4 is 5.73 Å². The Bertz CT molecular complexity index is 481. The largest absolute Gasteiger partial charge is 0.395 e. The first-order chi connectivity index (χ1) is 8.79. The van der Waals surface area contributed by atoms with Crippen molar-refractivity contribution in [3.05, 3.63) is 71.3 Å². The fourth-order valence-electron chi connectivity index (χ4n) is 2.09. The highest BCUT2D eigenvalue weighted by Gasteiger charge is 2.07. The standard InChI is InChI=1S/C16H19NO/c17-16(12-18)11-15-9-5-4-8-14(15)10-13-6-2-1-3-7-13/h1-9,16,18H,10-12,17H2/t16-/m0/s1. The maximum atomic E-state index is 9.05. The molecule has 1 atom stereocenters. The maximum Gasteiger partial charge on any atom is 0.0585 e. The number of aliphatic hydroxyl groups excluding tert-OH is 1. The van der Waals surface area contributed by atoms with Gasteiger partial charge in [-0.2, -0.15) is 0 Å². The van der Waals surface area contributed by atoms with E-state index in [2.05, 4.69) is 36.4 Å². The van der Waals surface area contributed by atoms with E-state index in [-0.39, 0.29) is 12.6 Å². The van der Waals surface area contributed by atoms with Gasteiger partial charge < -0.3 is 10.8 Å². The minimum atomic E-state index is -0.179. The van der Waals surface area contributed by atoms with Crippen LogP contribution in [0.2, 0.25) is 0 Å². The molecule has 0 heterocycles. The zero-order chi connectivity index (χ0) is 12.8. The molecule has 0 aliphatic carbocycles. The van der Waals surface area contributed by atoms with E-state index in [0.717, 1.165) is 12.8 Å². The summed E-state index contributed by atoms with van der Waals surface area (Å²) < 4.78 is 0.